The fraction of sp³-hybridized carbons (Fsp3) is 0.444. The van der Waals surface area contributed by atoms with Gasteiger partial charge in [-0.2, -0.15) is 13.2 Å². The van der Waals surface area contributed by atoms with Crippen LogP contribution in [0.5, 0.6) is 0 Å². The van der Waals surface area contributed by atoms with Gasteiger partial charge in [-0.1, -0.05) is 11.6 Å². The van der Waals surface area contributed by atoms with Crippen molar-refractivity contribution in [3.8, 4) is 0 Å². The van der Waals surface area contributed by atoms with Crippen molar-refractivity contribution in [2.75, 3.05) is 5.73 Å². The van der Waals surface area contributed by atoms with E-state index in [0.29, 0.717) is 4.34 Å². The van der Waals surface area contributed by atoms with E-state index < -0.39 is 22.2 Å². The maximum atomic E-state index is 11.6. The number of halogens is 4. The summed E-state index contributed by atoms with van der Waals surface area (Å²) in [4.78, 5) is 8.90. The fourth-order valence-corrected chi connectivity index (χ4v) is 3.91. The fourth-order valence-electron chi connectivity index (χ4n) is 0.932. The quantitative estimate of drug-likeness (QED) is 0.758. The molecule has 1 aromatic rings. The Hall–Kier alpha value is -1.04. The Kier molecular flexibility index (Phi) is 6.93. The predicted octanol–water partition coefficient (Wildman–Crippen LogP) is 2.30. The Morgan fingerprint density at radius 1 is 1.48 bits per heavy atom. The third kappa shape index (κ3) is 6.98. The number of hydrogen-bond donors (Lipinski definition) is 3. The summed E-state index contributed by atoms with van der Waals surface area (Å²) in [6.07, 6.45) is -5.08. The number of thiophene rings is 1. The summed E-state index contributed by atoms with van der Waals surface area (Å²) in [7, 11) is -3.51. The lowest BCUT2D eigenvalue weighted by molar-refractivity contribution is -0.192. The van der Waals surface area contributed by atoms with E-state index in [2.05, 4.69) is 4.72 Å². The summed E-state index contributed by atoms with van der Waals surface area (Å²) >= 11 is 6.61. The minimum Gasteiger partial charge on any atom is -0.475 e. The molecule has 1 aromatic heterocycles. The van der Waals surface area contributed by atoms with Crippen LogP contribution in [-0.4, -0.2) is 31.7 Å². The van der Waals surface area contributed by atoms with Gasteiger partial charge in [0, 0.05) is 6.04 Å². The number of aliphatic carboxylic acids is 1. The Bertz CT molecular complexity index is 599. The highest BCUT2D eigenvalue weighted by atomic mass is 35.5. The van der Waals surface area contributed by atoms with Gasteiger partial charge in [0.05, 0.1) is 10.0 Å². The van der Waals surface area contributed by atoms with Crippen molar-refractivity contribution in [1.82, 2.24) is 4.72 Å². The van der Waals surface area contributed by atoms with Crippen LogP contribution in [0.3, 0.4) is 0 Å². The largest absolute Gasteiger partial charge is 0.490 e. The standard InChI is InChI=1S/C7H11ClN2O2S2.C2HF3O2/c1-4(2)10-14(11,12)7-5(9)3-6(8)13-7;3-2(4,5)1(6)7/h3-4,10H,9H2,1-2H3;(H,6,7). The molecular weight excluding hydrogens is 357 g/mol. The number of carboxylic acid groups (broad SMARTS) is 1. The van der Waals surface area contributed by atoms with Gasteiger partial charge in [0.25, 0.3) is 10.0 Å². The lowest BCUT2D eigenvalue weighted by atomic mass is 10.4. The van der Waals surface area contributed by atoms with Crippen LogP contribution in [0.15, 0.2) is 10.3 Å². The molecule has 0 aliphatic heterocycles. The minimum atomic E-state index is -5.08. The first kappa shape index (κ1) is 20.0. The molecular formula is C9H12ClF3N2O4S2. The molecule has 0 radical (unpaired) electrons. The first-order valence-corrected chi connectivity index (χ1v) is 7.82. The summed E-state index contributed by atoms with van der Waals surface area (Å²) in [5.41, 5.74) is 5.70. The molecule has 0 saturated carbocycles. The van der Waals surface area contributed by atoms with Gasteiger partial charge in [-0.25, -0.2) is 17.9 Å². The maximum Gasteiger partial charge on any atom is 0.490 e. The van der Waals surface area contributed by atoms with Gasteiger partial charge in [-0.3, -0.25) is 0 Å². The number of rotatable bonds is 3. The molecule has 0 fully saturated rings. The SMILES string of the molecule is CC(C)NS(=O)(=O)c1sc(Cl)cc1N.O=C(O)C(F)(F)F. The molecule has 0 aliphatic carbocycles. The summed E-state index contributed by atoms with van der Waals surface area (Å²) < 4.78 is 57.9. The number of sulfonamides is 1. The van der Waals surface area contributed by atoms with E-state index in [-0.39, 0.29) is 15.9 Å². The van der Waals surface area contributed by atoms with Crippen LogP contribution in [0.25, 0.3) is 0 Å². The maximum absolute atomic E-state index is 11.6. The normalized spacial score (nSPS) is 12.0. The van der Waals surface area contributed by atoms with Gasteiger partial charge in [0.1, 0.15) is 0 Å². The molecule has 0 amide bonds. The molecule has 12 heteroatoms. The molecule has 21 heavy (non-hydrogen) atoms. The van der Waals surface area contributed by atoms with Crippen LogP contribution in [0, 0.1) is 0 Å². The predicted molar refractivity (Wildman–Crippen MR) is 72.9 cm³/mol. The van der Waals surface area contributed by atoms with E-state index in [0.717, 1.165) is 11.3 Å². The molecule has 0 unspecified atom stereocenters. The average Bonchev–Trinajstić information content (AvgIpc) is 2.56. The highest BCUT2D eigenvalue weighted by Gasteiger charge is 2.38. The Labute approximate surface area is 127 Å². The van der Waals surface area contributed by atoms with Crippen molar-refractivity contribution >= 4 is 44.6 Å². The molecule has 0 aromatic carbocycles. The monoisotopic (exact) mass is 368 g/mol. The van der Waals surface area contributed by atoms with E-state index in [1.54, 1.807) is 13.8 Å². The van der Waals surface area contributed by atoms with Crippen LogP contribution < -0.4 is 10.5 Å². The number of carbonyl (C=O) groups is 1. The van der Waals surface area contributed by atoms with Crippen molar-refractivity contribution in [3.05, 3.63) is 10.4 Å². The highest BCUT2D eigenvalue weighted by molar-refractivity contribution is 7.91. The second-order valence-electron chi connectivity index (χ2n) is 3.87. The Balaban J connectivity index is 0.000000486. The van der Waals surface area contributed by atoms with Gasteiger partial charge in [-0.05, 0) is 19.9 Å². The molecule has 6 nitrogen and oxygen atoms in total. The number of nitrogens with two attached hydrogens (primary N) is 1. The summed E-state index contributed by atoms with van der Waals surface area (Å²) in [6.45, 7) is 3.48. The van der Waals surface area contributed by atoms with Gasteiger partial charge in [0.15, 0.2) is 4.21 Å². The average molecular weight is 369 g/mol. The first-order chi connectivity index (χ1) is 9.27. The third-order valence-corrected chi connectivity index (χ3v) is 5.06. The first-order valence-electron chi connectivity index (χ1n) is 5.14. The Morgan fingerprint density at radius 3 is 2.14 bits per heavy atom. The van der Waals surface area contributed by atoms with Crippen molar-refractivity contribution in [2.45, 2.75) is 30.3 Å². The topological polar surface area (TPSA) is 109 Å². The Morgan fingerprint density at radius 2 is 1.90 bits per heavy atom. The third-order valence-electron chi connectivity index (χ3n) is 1.57. The number of anilines is 1. The van der Waals surface area contributed by atoms with E-state index in [1.807, 2.05) is 0 Å². The zero-order valence-corrected chi connectivity index (χ0v) is 13.1. The number of nitrogens with one attached hydrogen (secondary N) is 1. The molecule has 0 aliphatic rings. The summed E-state index contributed by atoms with van der Waals surface area (Å²) in [5, 5.41) is 7.12. The zero-order chi connectivity index (χ0) is 17.0. The van der Waals surface area contributed by atoms with Crippen molar-refractivity contribution < 1.29 is 31.5 Å². The molecule has 0 saturated heterocycles. The van der Waals surface area contributed by atoms with Crippen LogP contribution in [0.1, 0.15) is 13.8 Å². The van der Waals surface area contributed by atoms with Gasteiger partial charge < -0.3 is 10.8 Å². The molecule has 4 N–H and O–H groups in total. The highest BCUT2D eigenvalue weighted by Crippen LogP contribution is 2.32. The van der Waals surface area contributed by atoms with Crippen molar-refractivity contribution in [2.24, 2.45) is 0 Å². The molecule has 1 heterocycles. The van der Waals surface area contributed by atoms with E-state index in [4.69, 9.17) is 27.2 Å². The van der Waals surface area contributed by atoms with E-state index >= 15 is 0 Å². The smallest absolute Gasteiger partial charge is 0.475 e. The van der Waals surface area contributed by atoms with Crippen molar-refractivity contribution in [1.29, 1.82) is 0 Å². The summed E-state index contributed by atoms with van der Waals surface area (Å²) in [5.74, 6) is -2.76. The van der Waals surface area contributed by atoms with Crippen LogP contribution >= 0.6 is 22.9 Å². The lowest BCUT2D eigenvalue weighted by Gasteiger charge is -2.07. The molecule has 0 atom stereocenters. The molecule has 0 spiro atoms. The molecule has 0 bridgehead atoms. The number of alkyl halides is 3. The summed E-state index contributed by atoms with van der Waals surface area (Å²) in [6, 6.07) is 1.27. The van der Waals surface area contributed by atoms with Gasteiger partial charge >= 0.3 is 12.1 Å². The molecule has 1 rings (SSSR count). The second kappa shape index (κ2) is 7.29. The van der Waals surface area contributed by atoms with Crippen LogP contribution in [0.4, 0.5) is 18.9 Å². The number of nitrogen functional groups attached to an aromatic ring is 1. The van der Waals surface area contributed by atoms with E-state index in [9.17, 15) is 21.6 Å². The molecule has 122 valence electrons. The minimum absolute atomic E-state index is 0.0798. The van der Waals surface area contributed by atoms with Crippen molar-refractivity contribution in [3.63, 3.8) is 0 Å². The van der Waals surface area contributed by atoms with Gasteiger partial charge in [0.2, 0.25) is 0 Å². The zero-order valence-electron chi connectivity index (χ0n) is 10.7. The number of carboxylic acids is 1. The van der Waals surface area contributed by atoms with Gasteiger partial charge in [-0.15, -0.1) is 11.3 Å². The van der Waals surface area contributed by atoms with Crippen LogP contribution in [0.2, 0.25) is 4.34 Å². The van der Waals surface area contributed by atoms with Crippen LogP contribution in [-0.2, 0) is 14.8 Å². The second-order valence-corrected chi connectivity index (χ2v) is 7.46. The number of hydrogen-bond acceptors (Lipinski definition) is 5. The lowest BCUT2D eigenvalue weighted by Crippen LogP contribution is -2.30. The van der Waals surface area contributed by atoms with E-state index in [1.165, 1.54) is 6.07 Å².